The Kier molecular flexibility index (Phi) is 10.4. The second-order valence-electron chi connectivity index (χ2n) is 11.1. The number of para-hydroxylation sites is 2. The van der Waals surface area contributed by atoms with Crippen molar-refractivity contribution in [3.8, 4) is 56.3 Å². The summed E-state index contributed by atoms with van der Waals surface area (Å²) in [5, 5.41) is 8.25. The molecule has 6 rings (SSSR count). The molecule has 0 aliphatic heterocycles. The number of nitrogens with zero attached hydrogens (tertiary/aromatic N) is 4. The fraction of sp³-hybridized carbons (Fsp3) is 0.111. The summed E-state index contributed by atoms with van der Waals surface area (Å²) in [7, 11) is 3.23. The van der Waals surface area contributed by atoms with Gasteiger partial charge in [-0.15, -0.1) is 26.3 Å². The van der Waals surface area contributed by atoms with Crippen molar-refractivity contribution in [1.82, 2.24) is 19.6 Å². The van der Waals surface area contributed by atoms with E-state index in [1.807, 2.05) is 0 Å². The lowest BCUT2D eigenvalue weighted by Crippen LogP contribution is -2.17. The highest BCUT2D eigenvalue weighted by molar-refractivity contribution is 5.93. The Morgan fingerprint density at radius 1 is 0.577 bits per heavy atom. The third-order valence-corrected chi connectivity index (χ3v) is 7.43. The van der Waals surface area contributed by atoms with Gasteiger partial charge in [-0.1, -0.05) is 72.8 Å². The van der Waals surface area contributed by atoms with Gasteiger partial charge in [0.05, 0.1) is 11.4 Å². The molecule has 268 valence electrons. The smallest absolute Gasteiger partial charge is 0.405 e. The van der Waals surface area contributed by atoms with Crippen molar-refractivity contribution in [3.63, 3.8) is 0 Å². The second-order valence-corrected chi connectivity index (χ2v) is 11.1. The molecule has 0 aliphatic carbocycles. The van der Waals surface area contributed by atoms with Gasteiger partial charge in [0.15, 0.2) is 5.69 Å². The summed E-state index contributed by atoms with van der Waals surface area (Å²) >= 11 is 0. The number of benzene rings is 4. The van der Waals surface area contributed by atoms with Crippen molar-refractivity contribution in [2.75, 3.05) is 0 Å². The van der Waals surface area contributed by atoms with Gasteiger partial charge in [0.1, 0.15) is 17.2 Å². The van der Waals surface area contributed by atoms with Crippen molar-refractivity contribution < 1.29 is 45.4 Å². The van der Waals surface area contributed by atoms with Crippen molar-refractivity contribution >= 4 is 11.8 Å². The number of carbonyl (C=O) groups is 2. The molecular weight excluding hydrogens is 694 g/mol. The quantitative estimate of drug-likeness (QED) is 0.156. The van der Waals surface area contributed by atoms with Gasteiger partial charge < -0.3 is 20.9 Å². The van der Waals surface area contributed by atoms with Crippen molar-refractivity contribution in [2.45, 2.75) is 12.7 Å². The molecule has 16 heteroatoms. The Balaban J connectivity index is 0.000000201. The van der Waals surface area contributed by atoms with Gasteiger partial charge in [-0.3, -0.25) is 19.0 Å². The first kappa shape index (κ1) is 36.7. The Morgan fingerprint density at radius 3 is 1.52 bits per heavy atom. The highest BCUT2D eigenvalue weighted by Crippen LogP contribution is 2.37. The first-order valence-corrected chi connectivity index (χ1v) is 15.1. The zero-order valence-electron chi connectivity index (χ0n) is 27.2. The van der Waals surface area contributed by atoms with Crippen LogP contribution in [-0.2, 0) is 14.1 Å². The van der Waals surface area contributed by atoms with E-state index in [0.29, 0.717) is 39.2 Å². The van der Waals surface area contributed by atoms with E-state index in [9.17, 15) is 35.9 Å². The number of alkyl halides is 6. The van der Waals surface area contributed by atoms with Crippen LogP contribution >= 0.6 is 0 Å². The van der Waals surface area contributed by atoms with Crippen LogP contribution in [0.25, 0.3) is 44.8 Å². The molecule has 0 spiro atoms. The number of rotatable bonds is 8. The van der Waals surface area contributed by atoms with Crippen LogP contribution in [0.5, 0.6) is 11.5 Å². The molecule has 2 aromatic heterocycles. The van der Waals surface area contributed by atoms with Gasteiger partial charge in [0.2, 0.25) is 0 Å². The minimum Gasteiger partial charge on any atom is -0.405 e. The molecule has 0 saturated heterocycles. The van der Waals surface area contributed by atoms with Crippen LogP contribution in [0, 0.1) is 0 Å². The second kappa shape index (κ2) is 14.7. The van der Waals surface area contributed by atoms with Gasteiger partial charge in [0, 0.05) is 36.3 Å². The normalized spacial score (nSPS) is 11.4. The Morgan fingerprint density at radius 2 is 1.06 bits per heavy atom. The number of carbonyl (C=O) groups excluding carboxylic acids is 2. The van der Waals surface area contributed by atoms with E-state index in [1.54, 1.807) is 74.8 Å². The van der Waals surface area contributed by atoms with Crippen molar-refractivity contribution in [2.24, 2.45) is 25.6 Å². The highest BCUT2D eigenvalue weighted by Gasteiger charge is 2.33. The minimum atomic E-state index is -4.79. The van der Waals surface area contributed by atoms with Crippen LogP contribution in [0.2, 0.25) is 0 Å². The van der Waals surface area contributed by atoms with Crippen LogP contribution in [0.1, 0.15) is 21.0 Å². The number of hydrogen-bond donors (Lipinski definition) is 2. The molecule has 0 aliphatic rings. The average Bonchev–Trinajstić information content (AvgIpc) is 3.67. The summed E-state index contributed by atoms with van der Waals surface area (Å²) in [5.74, 6) is -1.87. The Bertz CT molecular complexity index is 2240. The zero-order chi connectivity index (χ0) is 37.8. The Labute approximate surface area is 291 Å². The van der Waals surface area contributed by atoms with E-state index in [-0.39, 0.29) is 28.5 Å². The van der Waals surface area contributed by atoms with Crippen LogP contribution in [0.15, 0.2) is 109 Å². The molecule has 10 nitrogen and oxygen atoms in total. The Hall–Kier alpha value is -6.58. The van der Waals surface area contributed by atoms with Gasteiger partial charge >= 0.3 is 12.7 Å². The first-order valence-electron chi connectivity index (χ1n) is 15.1. The number of amides is 2. The van der Waals surface area contributed by atoms with Gasteiger partial charge in [-0.05, 0) is 47.5 Å². The zero-order valence-corrected chi connectivity index (χ0v) is 27.2. The monoisotopic (exact) mass is 722 g/mol. The van der Waals surface area contributed by atoms with Crippen molar-refractivity contribution in [3.05, 3.63) is 121 Å². The number of hydrogen-bond acceptors (Lipinski definition) is 6. The predicted octanol–water partition coefficient (Wildman–Crippen LogP) is 7.50. The van der Waals surface area contributed by atoms with Gasteiger partial charge in [-0.2, -0.15) is 10.2 Å². The van der Waals surface area contributed by atoms with Crippen LogP contribution in [-0.4, -0.2) is 44.1 Å². The lowest BCUT2D eigenvalue weighted by Gasteiger charge is -2.14. The SMILES string of the molecule is Cn1nc(-c2cccc(-c3ccccc3OC(F)(F)F)c2)cc1C(N)=O.Cn1nc(C(N)=O)cc1-c1cccc(-c2ccccc2OC(F)(F)F)c1. The van der Waals surface area contributed by atoms with E-state index in [1.165, 1.54) is 57.9 Å². The topological polar surface area (TPSA) is 140 Å². The molecule has 0 atom stereocenters. The minimum absolute atomic E-state index is 0.105. The molecule has 2 amide bonds. The molecule has 0 saturated carbocycles. The molecule has 0 radical (unpaired) electrons. The fourth-order valence-corrected chi connectivity index (χ4v) is 5.23. The number of aromatic nitrogens is 4. The maximum absolute atomic E-state index is 12.6. The number of aryl methyl sites for hydroxylation is 2. The lowest BCUT2D eigenvalue weighted by molar-refractivity contribution is -0.275. The number of primary amides is 2. The molecule has 0 bridgehead atoms. The lowest BCUT2D eigenvalue weighted by atomic mass is 10.0. The molecule has 0 unspecified atom stereocenters. The van der Waals surface area contributed by atoms with Crippen LogP contribution in [0.3, 0.4) is 0 Å². The molecule has 4 aromatic carbocycles. The maximum atomic E-state index is 12.6. The standard InChI is InChI=1S/2C18H14F3N3O2/c1-24-15(10-14(23-24)17(22)25)12-6-4-5-11(9-12)13-7-2-3-8-16(13)26-18(19,20)21;1-24-15(17(22)25)10-14(23-24)12-6-4-5-11(9-12)13-7-2-3-8-16(13)26-18(19,20)21/h2*2-10H,1H3,(H2,22,25). The van der Waals surface area contributed by atoms with Crippen molar-refractivity contribution in [1.29, 1.82) is 0 Å². The first-order chi connectivity index (χ1) is 24.5. The van der Waals surface area contributed by atoms with E-state index in [4.69, 9.17) is 11.5 Å². The highest BCUT2D eigenvalue weighted by atomic mass is 19.4. The summed E-state index contributed by atoms with van der Waals surface area (Å²) < 4.78 is 86.8. The third-order valence-electron chi connectivity index (χ3n) is 7.43. The van der Waals surface area contributed by atoms with E-state index >= 15 is 0 Å². The fourth-order valence-electron chi connectivity index (χ4n) is 5.23. The molecule has 4 N–H and O–H groups in total. The van der Waals surface area contributed by atoms with Gasteiger partial charge in [-0.25, -0.2) is 0 Å². The van der Waals surface area contributed by atoms with E-state index in [0.717, 1.165) is 0 Å². The molecular formula is C36H28F6N6O4. The predicted molar refractivity (Wildman–Crippen MR) is 179 cm³/mol. The molecule has 52 heavy (non-hydrogen) atoms. The third kappa shape index (κ3) is 8.95. The molecule has 6 aromatic rings. The molecule has 2 heterocycles. The average molecular weight is 723 g/mol. The number of ether oxygens (including phenoxy) is 2. The summed E-state index contributed by atoms with van der Waals surface area (Å²) in [4.78, 5) is 22.7. The summed E-state index contributed by atoms with van der Waals surface area (Å²) in [6.07, 6.45) is -9.57. The van der Waals surface area contributed by atoms with E-state index < -0.39 is 24.5 Å². The largest absolute Gasteiger partial charge is 0.573 e. The van der Waals surface area contributed by atoms with Crippen LogP contribution in [0.4, 0.5) is 26.3 Å². The maximum Gasteiger partial charge on any atom is 0.573 e. The summed E-state index contributed by atoms with van der Waals surface area (Å²) in [5.41, 5.74) is 14.9. The molecule has 0 fully saturated rings. The summed E-state index contributed by atoms with van der Waals surface area (Å²) in [6.45, 7) is 0. The van der Waals surface area contributed by atoms with E-state index in [2.05, 4.69) is 19.7 Å². The number of halogens is 6. The van der Waals surface area contributed by atoms with Gasteiger partial charge in [0.25, 0.3) is 11.8 Å². The number of nitrogens with two attached hydrogens (primary N) is 2. The summed E-state index contributed by atoms with van der Waals surface area (Å²) in [6, 6.07) is 28.4. The van der Waals surface area contributed by atoms with Crippen LogP contribution < -0.4 is 20.9 Å².